The minimum Gasteiger partial charge on any atom is -0.356 e. The fourth-order valence-corrected chi connectivity index (χ4v) is 3.13. The number of benzene rings is 1. The number of hydrogen-bond acceptors (Lipinski definition) is 3. The quantitative estimate of drug-likeness (QED) is 0.906. The molecule has 0 unspecified atom stereocenters. The van der Waals surface area contributed by atoms with E-state index in [0.29, 0.717) is 50.3 Å². The maximum atomic E-state index is 13.8. The van der Waals surface area contributed by atoms with Crippen molar-refractivity contribution in [3.8, 4) is 0 Å². The Morgan fingerprint density at radius 1 is 1.12 bits per heavy atom. The Balaban J connectivity index is 1.46. The van der Waals surface area contributed by atoms with Gasteiger partial charge in [0.25, 0.3) is 0 Å². The van der Waals surface area contributed by atoms with E-state index in [9.17, 15) is 13.6 Å². The fourth-order valence-electron chi connectivity index (χ4n) is 3.13. The minimum atomic E-state index is -0.338. The predicted octanol–water partition coefficient (Wildman–Crippen LogP) is 2.94. The molecular weight excluding hydrogens is 324 g/mol. The van der Waals surface area contributed by atoms with E-state index >= 15 is 0 Å². The summed E-state index contributed by atoms with van der Waals surface area (Å²) in [5.74, 6) is -0.347. The Hall–Kier alpha value is -2.50. The Labute approximate surface area is 145 Å². The molecule has 1 fully saturated rings. The lowest BCUT2D eigenvalue weighted by Crippen LogP contribution is -2.41. The number of nitrogens with one attached hydrogen (secondary N) is 1. The van der Waals surface area contributed by atoms with Crippen LogP contribution in [-0.2, 0) is 11.2 Å². The standard InChI is InChI=1S/C19H21F2N3O/c20-16-5-2-1-4-14(16)7-11-23-19(25)15-8-12-24(13-9-15)18-17(21)6-3-10-22-18/h1-6,10,15H,7-9,11-13H2,(H,23,25). The highest BCUT2D eigenvalue weighted by Crippen LogP contribution is 2.23. The van der Waals surface area contributed by atoms with E-state index < -0.39 is 0 Å². The summed E-state index contributed by atoms with van der Waals surface area (Å²) in [6.45, 7) is 1.60. The number of anilines is 1. The Bertz CT molecular complexity index is 730. The van der Waals surface area contributed by atoms with Gasteiger partial charge in [0.1, 0.15) is 5.82 Å². The largest absolute Gasteiger partial charge is 0.356 e. The molecule has 1 saturated heterocycles. The van der Waals surface area contributed by atoms with E-state index in [1.165, 1.54) is 12.1 Å². The lowest BCUT2D eigenvalue weighted by molar-refractivity contribution is -0.125. The number of aromatic nitrogens is 1. The number of carbonyl (C=O) groups excluding carboxylic acids is 1. The molecule has 1 aromatic heterocycles. The molecule has 1 aliphatic heterocycles. The summed E-state index contributed by atoms with van der Waals surface area (Å²) in [7, 11) is 0. The molecule has 2 heterocycles. The molecule has 25 heavy (non-hydrogen) atoms. The summed E-state index contributed by atoms with van der Waals surface area (Å²) in [6, 6.07) is 9.53. The summed E-state index contributed by atoms with van der Waals surface area (Å²) in [5, 5.41) is 2.88. The molecule has 0 bridgehead atoms. The highest BCUT2D eigenvalue weighted by atomic mass is 19.1. The second-order valence-electron chi connectivity index (χ2n) is 6.20. The van der Waals surface area contributed by atoms with Crippen LogP contribution in [0.4, 0.5) is 14.6 Å². The number of amides is 1. The topological polar surface area (TPSA) is 45.2 Å². The van der Waals surface area contributed by atoms with Gasteiger partial charge in [-0.3, -0.25) is 4.79 Å². The highest BCUT2D eigenvalue weighted by molar-refractivity contribution is 5.79. The summed E-state index contributed by atoms with van der Waals surface area (Å²) in [5.41, 5.74) is 0.600. The van der Waals surface area contributed by atoms with Gasteiger partial charge in [-0.25, -0.2) is 13.8 Å². The van der Waals surface area contributed by atoms with Gasteiger partial charge in [-0.2, -0.15) is 0 Å². The van der Waals surface area contributed by atoms with Gasteiger partial charge in [-0.1, -0.05) is 18.2 Å². The third kappa shape index (κ3) is 4.32. The van der Waals surface area contributed by atoms with E-state index in [1.807, 2.05) is 4.90 Å². The maximum absolute atomic E-state index is 13.8. The van der Waals surface area contributed by atoms with Crippen molar-refractivity contribution in [2.45, 2.75) is 19.3 Å². The van der Waals surface area contributed by atoms with Crippen molar-refractivity contribution in [2.24, 2.45) is 5.92 Å². The average molecular weight is 345 g/mol. The molecule has 3 rings (SSSR count). The number of hydrogen-bond donors (Lipinski definition) is 1. The van der Waals surface area contributed by atoms with Crippen LogP contribution in [0.2, 0.25) is 0 Å². The first-order valence-electron chi connectivity index (χ1n) is 8.51. The second kappa shape index (κ2) is 8.05. The van der Waals surface area contributed by atoms with Gasteiger partial charge in [0.05, 0.1) is 0 Å². The van der Waals surface area contributed by atoms with Crippen molar-refractivity contribution >= 4 is 11.7 Å². The smallest absolute Gasteiger partial charge is 0.223 e. The van der Waals surface area contributed by atoms with Gasteiger partial charge >= 0.3 is 0 Å². The molecule has 132 valence electrons. The van der Waals surface area contributed by atoms with Crippen molar-refractivity contribution in [3.05, 3.63) is 59.8 Å². The van der Waals surface area contributed by atoms with Crippen LogP contribution in [0, 0.1) is 17.6 Å². The first-order valence-corrected chi connectivity index (χ1v) is 8.51. The summed E-state index contributed by atoms with van der Waals surface area (Å²) in [6.07, 6.45) is 3.35. The SMILES string of the molecule is O=C(NCCc1ccccc1F)C1CCN(c2ncccc2F)CC1. The number of carbonyl (C=O) groups is 1. The first kappa shape index (κ1) is 17.3. The molecule has 0 radical (unpaired) electrons. The Morgan fingerprint density at radius 3 is 2.56 bits per heavy atom. The van der Waals surface area contributed by atoms with Gasteiger partial charge in [0.2, 0.25) is 5.91 Å². The van der Waals surface area contributed by atoms with Gasteiger partial charge in [0.15, 0.2) is 11.6 Å². The minimum absolute atomic E-state index is 0.0162. The molecule has 1 aliphatic rings. The molecule has 1 amide bonds. The van der Waals surface area contributed by atoms with Crippen molar-refractivity contribution in [3.63, 3.8) is 0 Å². The zero-order chi connectivity index (χ0) is 17.6. The van der Waals surface area contributed by atoms with Gasteiger partial charge in [-0.05, 0) is 43.0 Å². The third-order valence-corrected chi connectivity index (χ3v) is 4.56. The van der Waals surface area contributed by atoms with Crippen LogP contribution in [0.15, 0.2) is 42.6 Å². The van der Waals surface area contributed by atoms with Gasteiger partial charge < -0.3 is 10.2 Å². The van der Waals surface area contributed by atoms with Crippen LogP contribution in [0.1, 0.15) is 18.4 Å². The number of nitrogens with zero attached hydrogens (tertiary/aromatic N) is 2. The van der Waals surface area contributed by atoms with Crippen LogP contribution in [-0.4, -0.2) is 30.5 Å². The molecule has 0 saturated carbocycles. The molecule has 0 aliphatic carbocycles. The first-order chi connectivity index (χ1) is 12.1. The van der Waals surface area contributed by atoms with Crippen LogP contribution in [0.25, 0.3) is 0 Å². The monoisotopic (exact) mass is 345 g/mol. The van der Waals surface area contributed by atoms with Crippen molar-refractivity contribution in [1.82, 2.24) is 10.3 Å². The average Bonchev–Trinajstić information content (AvgIpc) is 2.64. The molecule has 1 N–H and O–H groups in total. The van der Waals surface area contributed by atoms with Crippen LogP contribution >= 0.6 is 0 Å². The maximum Gasteiger partial charge on any atom is 0.223 e. The van der Waals surface area contributed by atoms with E-state index in [4.69, 9.17) is 0 Å². The van der Waals surface area contributed by atoms with E-state index in [1.54, 1.807) is 30.5 Å². The summed E-state index contributed by atoms with van der Waals surface area (Å²) in [4.78, 5) is 18.2. The van der Waals surface area contributed by atoms with E-state index in [0.717, 1.165) is 0 Å². The van der Waals surface area contributed by atoms with E-state index in [-0.39, 0.29) is 23.5 Å². The van der Waals surface area contributed by atoms with Crippen LogP contribution in [0.3, 0.4) is 0 Å². The highest BCUT2D eigenvalue weighted by Gasteiger charge is 2.26. The zero-order valence-electron chi connectivity index (χ0n) is 13.9. The predicted molar refractivity (Wildman–Crippen MR) is 92.2 cm³/mol. The van der Waals surface area contributed by atoms with Crippen molar-refractivity contribution < 1.29 is 13.6 Å². The Morgan fingerprint density at radius 2 is 1.84 bits per heavy atom. The molecule has 2 aromatic rings. The number of piperidine rings is 1. The normalized spacial score (nSPS) is 15.2. The molecular formula is C19H21F2N3O. The lowest BCUT2D eigenvalue weighted by atomic mass is 9.95. The second-order valence-corrected chi connectivity index (χ2v) is 6.20. The summed E-state index contributed by atoms with van der Waals surface area (Å²) >= 11 is 0. The van der Waals surface area contributed by atoms with Crippen LogP contribution in [0.5, 0.6) is 0 Å². The van der Waals surface area contributed by atoms with Gasteiger partial charge in [-0.15, -0.1) is 0 Å². The lowest BCUT2D eigenvalue weighted by Gasteiger charge is -2.32. The molecule has 0 atom stereocenters. The number of rotatable bonds is 5. The molecule has 0 spiro atoms. The zero-order valence-corrected chi connectivity index (χ0v) is 13.9. The Kier molecular flexibility index (Phi) is 5.58. The van der Waals surface area contributed by atoms with Crippen LogP contribution < -0.4 is 10.2 Å². The summed E-state index contributed by atoms with van der Waals surface area (Å²) < 4.78 is 27.3. The third-order valence-electron chi connectivity index (χ3n) is 4.56. The van der Waals surface area contributed by atoms with E-state index in [2.05, 4.69) is 10.3 Å². The number of halogens is 2. The molecule has 1 aromatic carbocycles. The van der Waals surface area contributed by atoms with Gasteiger partial charge in [0, 0.05) is 31.7 Å². The fraction of sp³-hybridized carbons (Fsp3) is 0.368. The van der Waals surface area contributed by atoms with Crippen molar-refractivity contribution in [2.75, 3.05) is 24.5 Å². The molecule has 6 heteroatoms. The molecule has 4 nitrogen and oxygen atoms in total. The van der Waals surface area contributed by atoms with Crippen molar-refractivity contribution in [1.29, 1.82) is 0 Å². The number of pyridine rings is 1.